The van der Waals surface area contributed by atoms with E-state index in [-0.39, 0.29) is 23.1 Å². The number of aromatic nitrogens is 2. The molecule has 0 spiro atoms. The van der Waals surface area contributed by atoms with Gasteiger partial charge >= 0.3 is 0 Å². The van der Waals surface area contributed by atoms with E-state index in [9.17, 15) is 9.90 Å². The van der Waals surface area contributed by atoms with Gasteiger partial charge in [-0.2, -0.15) is 16.7 Å². The Labute approximate surface area is 133 Å². The minimum atomic E-state index is -0.372. The Kier molecular flexibility index (Phi) is 4.32. The zero-order valence-corrected chi connectivity index (χ0v) is 13.4. The fraction of sp³-hybridized carbons (Fsp3) is 0.286. The molecule has 0 saturated carbocycles. The summed E-state index contributed by atoms with van der Waals surface area (Å²) in [5.74, 6) is 1.75. The number of benzene rings is 1. The van der Waals surface area contributed by atoms with Crippen LogP contribution in [-0.4, -0.2) is 33.2 Å². The van der Waals surface area contributed by atoms with Crippen LogP contribution in [0.4, 0.5) is 0 Å². The molecule has 1 aromatic carbocycles. The molecule has 0 radical (unpaired) electrons. The molecule has 21 heavy (non-hydrogen) atoms. The smallest absolute Gasteiger partial charge is 0.262 e. The summed E-state index contributed by atoms with van der Waals surface area (Å²) in [6.45, 7) is 0.617. The van der Waals surface area contributed by atoms with E-state index in [1.807, 2.05) is 12.1 Å². The van der Waals surface area contributed by atoms with Crippen molar-refractivity contribution in [2.45, 2.75) is 6.10 Å². The number of nitrogens with one attached hydrogen (secondary N) is 1. The first-order valence-corrected chi connectivity index (χ1v) is 8.39. The third kappa shape index (κ3) is 3.00. The average Bonchev–Trinajstić information content (AvgIpc) is 2.49. The van der Waals surface area contributed by atoms with Gasteiger partial charge in [0.1, 0.15) is 17.5 Å². The molecule has 0 amide bonds. The van der Waals surface area contributed by atoms with E-state index in [4.69, 9.17) is 4.74 Å². The van der Waals surface area contributed by atoms with Crippen molar-refractivity contribution in [3.8, 4) is 17.0 Å². The molecule has 1 fully saturated rings. The minimum Gasteiger partial charge on any atom is -0.493 e. The molecule has 2 N–H and O–H groups in total. The van der Waals surface area contributed by atoms with Crippen LogP contribution in [-0.2, 0) is 4.74 Å². The molecular weight excluding hydrogens is 356 g/mol. The Morgan fingerprint density at radius 3 is 2.90 bits per heavy atom. The van der Waals surface area contributed by atoms with Crippen LogP contribution in [0.5, 0.6) is 5.88 Å². The van der Waals surface area contributed by atoms with Gasteiger partial charge in [0.2, 0.25) is 5.88 Å². The fourth-order valence-electron chi connectivity index (χ4n) is 2.18. The topological polar surface area (TPSA) is 75.2 Å². The Balaban J connectivity index is 2.05. The van der Waals surface area contributed by atoms with Crippen LogP contribution in [0.25, 0.3) is 11.1 Å². The monoisotopic (exact) mass is 368 g/mol. The minimum absolute atomic E-state index is 0.162. The van der Waals surface area contributed by atoms with Crippen LogP contribution >= 0.6 is 27.7 Å². The van der Waals surface area contributed by atoms with Crippen molar-refractivity contribution in [2.24, 2.45) is 0 Å². The van der Waals surface area contributed by atoms with Gasteiger partial charge in [-0.05, 0) is 6.07 Å². The van der Waals surface area contributed by atoms with E-state index in [0.717, 1.165) is 16.0 Å². The molecule has 1 saturated heterocycles. The number of halogens is 1. The van der Waals surface area contributed by atoms with Crippen LogP contribution in [0.15, 0.2) is 33.5 Å². The van der Waals surface area contributed by atoms with Crippen molar-refractivity contribution in [1.29, 1.82) is 0 Å². The van der Waals surface area contributed by atoms with Crippen molar-refractivity contribution in [2.75, 3.05) is 18.1 Å². The molecule has 1 aromatic heterocycles. The molecule has 2 aromatic rings. The molecule has 1 atom stereocenters. The number of thioether (sulfide) groups is 1. The third-order valence-electron chi connectivity index (χ3n) is 3.18. The van der Waals surface area contributed by atoms with E-state index >= 15 is 0 Å². The molecule has 1 aliphatic rings. The number of hydrogen-bond donors (Lipinski definition) is 2. The molecule has 1 unspecified atom stereocenters. The second kappa shape index (κ2) is 6.21. The maximum absolute atomic E-state index is 12.3. The Bertz CT molecular complexity index is 714. The number of H-pyrrole nitrogens is 1. The second-order valence-corrected chi connectivity index (χ2v) is 6.57. The van der Waals surface area contributed by atoms with Crippen molar-refractivity contribution in [3.05, 3.63) is 44.9 Å². The summed E-state index contributed by atoms with van der Waals surface area (Å²) in [5, 5.41) is 10.2. The first-order chi connectivity index (χ1) is 10.2. The number of nitrogens with zero attached hydrogens (tertiary/aromatic N) is 1. The molecule has 1 aliphatic heterocycles. The summed E-state index contributed by atoms with van der Waals surface area (Å²) in [6.07, 6.45) is -0.282. The van der Waals surface area contributed by atoms with Crippen molar-refractivity contribution in [3.63, 3.8) is 0 Å². The molecule has 0 aliphatic carbocycles. The van der Waals surface area contributed by atoms with Gasteiger partial charge in [-0.15, -0.1) is 0 Å². The van der Waals surface area contributed by atoms with Gasteiger partial charge in [0.05, 0.1) is 6.61 Å². The lowest BCUT2D eigenvalue weighted by atomic mass is 10.1. The first-order valence-electron chi connectivity index (χ1n) is 6.44. The van der Waals surface area contributed by atoms with Gasteiger partial charge in [0.25, 0.3) is 5.56 Å². The lowest BCUT2D eigenvalue weighted by molar-refractivity contribution is 0.0688. The highest BCUT2D eigenvalue weighted by atomic mass is 79.9. The summed E-state index contributed by atoms with van der Waals surface area (Å²) < 4.78 is 6.30. The largest absolute Gasteiger partial charge is 0.493 e. The molecule has 2 heterocycles. The van der Waals surface area contributed by atoms with Gasteiger partial charge < -0.3 is 14.8 Å². The van der Waals surface area contributed by atoms with E-state index in [1.165, 1.54) is 0 Å². The Hall–Kier alpha value is -1.31. The van der Waals surface area contributed by atoms with Crippen molar-refractivity contribution in [1.82, 2.24) is 9.97 Å². The van der Waals surface area contributed by atoms with E-state index in [2.05, 4.69) is 25.9 Å². The van der Waals surface area contributed by atoms with E-state index in [1.54, 1.807) is 23.9 Å². The number of rotatable bonds is 2. The molecule has 110 valence electrons. The second-order valence-electron chi connectivity index (χ2n) is 4.56. The highest BCUT2D eigenvalue weighted by Gasteiger charge is 2.22. The van der Waals surface area contributed by atoms with Gasteiger partial charge in [0, 0.05) is 21.5 Å². The van der Waals surface area contributed by atoms with Crippen LogP contribution in [0.1, 0.15) is 11.9 Å². The van der Waals surface area contributed by atoms with E-state index < -0.39 is 0 Å². The summed E-state index contributed by atoms with van der Waals surface area (Å²) in [7, 11) is 0. The first kappa shape index (κ1) is 14.6. The zero-order chi connectivity index (χ0) is 14.8. The Morgan fingerprint density at radius 1 is 1.43 bits per heavy atom. The quantitative estimate of drug-likeness (QED) is 0.852. The maximum Gasteiger partial charge on any atom is 0.262 e. The van der Waals surface area contributed by atoms with Crippen LogP contribution in [0.3, 0.4) is 0 Å². The van der Waals surface area contributed by atoms with Crippen molar-refractivity contribution >= 4 is 27.7 Å². The van der Waals surface area contributed by atoms with Gasteiger partial charge in [0.15, 0.2) is 0 Å². The van der Waals surface area contributed by atoms with Gasteiger partial charge in [-0.3, -0.25) is 4.79 Å². The lowest BCUT2D eigenvalue weighted by Gasteiger charge is -2.21. The van der Waals surface area contributed by atoms with Gasteiger partial charge in [-0.25, -0.2) is 0 Å². The molecule has 3 rings (SSSR count). The van der Waals surface area contributed by atoms with Crippen LogP contribution in [0.2, 0.25) is 0 Å². The molecule has 0 bridgehead atoms. The summed E-state index contributed by atoms with van der Waals surface area (Å²) in [4.78, 5) is 19.2. The van der Waals surface area contributed by atoms with Crippen molar-refractivity contribution < 1.29 is 9.84 Å². The molecular formula is C14H13BrN2O3S. The van der Waals surface area contributed by atoms with Gasteiger partial charge in [-0.1, -0.05) is 34.1 Å². The SMILES string of the molecule is O=c1[nH]c(C2CSCCO2)nc(O)c1-c1ccccc1Br. The molecule has 7 heteroatoms. The molecule has 5 nitrogen and oxygen atoms in total. The number of hydrogen-bond acceptors (Lipinski definition) is 5. The van der Waals surface area contributed by atoms with Crippen LogP contribution in [0, 0.1) is 0 Å². The van der Waals surface area contributed by atoms with E-state index in [0.29, 0.717) is 18.0 Å². The average molecular weight is 369 g/mol. The number of ether oxygens (including phenoxy) is 1. The number of aromatic amines is 1. The Morgan fingerprint density at radius 2 is 2.24 bits per heavy atom. The fourth-order valence-corrected chi connectivity index (χ4v) is 3.52. The summed E-state index contributed by atoms with van der Waals surface area (Å²) in [5.41, 5.74) is 0.396. The standard InChI is InChI=1S/C14H13BrN2O3S/c15-9-4-2-1-3-8(9)11-13(18)16-12(17-14(11)19)10-7-21-6-5-20-10/h1-4,10H,5-7H2,(H2,16,17,18,19). The predicted octanol–water partition coefficient (Wildman–Crippen LogP) is 2.71. The predicted molar refractivity (Wildman–Crippen MR) is 85.7 cm³/mol. The summed E-state index contributed by atoms with van der Waals surface area (Å²) >= 11 is 5.11. The normalized spacial score (nSPS) is 18.6. The van der Waals surface area contributed by atoms with Crippen LogP contribution < -0.4 is 5.56 Å². The zero-order valence-electron chi connectivity index (χ0n) is 11.0. The third-order valence-corrected chi connectivity index (χ3v) is 4.87. The highest BCUT2D eigenvalue weighted by molar-refractivity contribution is 9.10. The highest BCUT2D eigenvalue weighted by Crippen LogP contribution is 2.31. The summed E-state index contributed by atoms with van der Waals surface area (Å²) in [6, 6.07) is 7.20. The number of aromatic hydroxyl groups is 1. The lowest BCUT2D eigenvalue weighted by Crippen LogP contribution is -2.22. The maximum atomic E-state index is 12.3.